The summed E-state index contributed by atoms with van der Waals surface area (Å²) in [5.41, 5.74) is 6.67. The minimum Gasteiger partial charge on any atom is -0.386 e. The Bertz CT molecular complexity index is 864. The summed E-state index contributed by atoms with van der Waals surface area (Å²) in [5.74, 6) is 0.934. The Morgan fingerprint density at radius 1 is 1.52 bits per heavy atom. The molecule has 2 saturated heterocycles. The van der Waals surface area contributed by atoms with Crippen LogP contribution in [0, 0.1) is 0 Å². The number of aliphatic hydroxyl groups is 1. The van der Waals surface area contributed by atoms with Gasteiger partial charge in [0.1, 0.15) is 24.6 Å². The van der Waals surface area contributed by atoms with E-state index in [9.17, 15) is 14.6 Å². The summed E-state index contributed by atoms with van der Waals surface area (Å²) >= 11 is 1.42. The molecular formula is C12H16N5O6PS. The maximum Gasteiger partial charge on any atom is 0.472 e. The molecule has 13 heteroatoms. The van der Waals surface area contributed by atoms with Crippen LogP contribution in [0.5, 0.6) is 0 Å². The highest BCUT2D eigenvalue weighted by molar-refractivity contribution is 7.99. The Hall–Kier alpha value is -1.27. The molecule has 2 aromatic heterocycles. The average molecular weight is 389 g/mol. The molecule has 4 N–H and O–H groups in total. The molecule has 25 heavy (non-hydrogen) atoms. The summed E-state index contributed by atoms with van der Waals surface area (Å²) < 4.78 is 28.8. The zero-order chi connectivity index (χ0) is 17.8. The van der Waals surface area contributed by atoms with Crippen molar-refractivity contribution >= 4 is 36.6 Å². The molecule has 0 saturated carbocycles. The van der Waals surface area contributed by atoms with Crippen LogP contribution in [0.2, 0.25) is 0 Å². The number of hydrogen-bond acceptors (Lipinski definition) is 10. The van der Waals surface area contributed by atoms with E-state index in [1.54, 1.807) is 4.57 Å². The number of ether oxygens (including phenoxy) is 1. The Balaban J connectivity index is 1.78. The van der Waals surface area contributed by atoms with Gasteiger partial charge in [-0.25, -0.2) is 19.5 Å². The van der Waals surface area contributed by atoms with Gasteiger partial charge in [-0.2, -0.15) is 0 Å². The number of thioether (sulfide) groups is 1. The number of fused-ring (bicyclic) bond motifs is 2. The number of hydrogen-bond donors (Lipinski definition) is 3. The van der Waals surface area contributed by atoms with Gasteiger partial charge in [0.25, 0.3) is 0 Å². The van der Waals surface area contributed by atoms with Gasteiger partial charge in [-0.1, -0.05) is 18.7 Å². The van der Waals surface area contributed by atoms with Gasteiger partial charge in [-0.05, 0) is 5.75 Å². The number of anilines is 1. The smallest absolute Gasteiger partial charge is 0.386 e. The Kier molecular flexibility index (Phi) is 4.23. The topological polar surface area (TPSA) is 155 Å². The summed E-state index contributed by atoms with van der Waals surface area (Å²) in [6.07, 6.45) is -2.51. The van der Waals surface area contributed by atoms with E-state index < -0.39 is 32.4 Å². The summed E-state index contributed by atoms with van der Waals surface area (Å²) in [6, 6.07) is 0. The molecule has 0 radical (unpaired) electrons. The number of rotatable bonds is 3. The quantitative estimate of drug-likeness (QED) is 0.490. The lowest BCUT2D eigenvalue weighted by Gasteiger charge is -2.27. The van der Waals surface area contributed by atoms with Crippen molar-refractivity contribution in [3.8, 4) is 0 Å². The van der Waals surface area contributed by atoms with Gasteiger partial charge in [0.2, 0.25) is 0 Å². The predicted molar refractivity (Wildman–Crippen MR) is 86.7 cm³/mol. The number of aromatic nitrogens is 4. The standard InChI is InChI=1S/C12H16N5O6PS/c1-2-25-12-16-6-9(13)14-4-15-10(6)17(12)11-7(18)8-5(22-11)3-21-24(19,20)23-8/h4-5,7-8,11,18H,2-3H2,1H3,(H,19,20)(H2,13,14,15). The molecule has 0 bridgehead atoms. The summed E-state index contributed by atoms with van der Waals surface area (Å²) in [5, 5.41) is 11.2. The summed E-state index contributed by atoms with van der Waals surface area (Å²) in [4.78, 5) is 22.0. The van der Waals surface area contributed by atoms with Crippen molar-refractivity contribution in [3.05, 3.63) is 6.33 Å². The molecule has 0 aliphatic carbocycles. The SMILES string of the molecule is CCSc1nc2c(N)ncnc2n1C1OC2COP(=O)(O)OC2C1O. The van der Waals surface area contributed by atoms with Crippen LogP contribution in [0.25, 0.3) is 11.2 Å². The lowest BCUT2D eigenvalue weighted by Crippen LogP contribution is -2.39. The number of phosphoric ester groups is 1. The molecule has 5 atom stereocenters. The van der Waals surface area contributed by atoms with E-state index >= 15 is 0 Å². The van der Waals surface area contributed by atoms with E-state index in [1.165, 1.54) is 18.1 Å². The van der Waals surface area contributed by atoms with Crippen LogP contribution in [0.15, 0.2) is 11.5 Å². The number of nitrogen functional groups attached to an aromatic ring is 1. The average Bonchev–Trinajstić information content (AvgIpc) is 3.06. The van der Waals surface area contributed by atoms with Crippen LogP contribution in [0.1, 0.15) is 13.2 Å². The lowest BCUT2D eigenvalue weighted by atomic mass is 10.1. The van der Waals surface area contributed by atoms with E-state index in [1.807, 2.05) is 6.92 Å². The van der Waals surface area contributed by atoms with Gasteiger partial charge in [0, 0.05) is 0 Å². The monoisotopic (exact) mass is 389 g/mol. The predicted octanol–water partition coefficient (Wildman–Crippen LogP) is 0.295. The number of imidazole rings is 1. The second kappa shape index (κ2) is 6.16. The molecule has 5 unspecified atom stereocenters. The third-order valence-corrected chi connectivity index (χ3v) is 5.79. The second-order valence-electron chi connectivity index (χ2n) is 5.52. The molecule has 0 aromatic carbocycles. The summed E-state index contributed by atoms with van der Waals surface area (Å²) in [6.45, 7) is 1.79. The van der Waals surface area contributed by atoms with Gasteiger partial charge in [-0.15, -0.1) is 0 Å². The highest BCUT2D eigenvalue weighted by Crippen LogP contribution is 2.52. The molecule has 2 aromatic rings. The number of nitrogens with zero attached hydrogens (tertiary/aromatic N) is 4. The first-order chi connectivity index (χ1) is 11.9. The van der Waals surface area contributed by atoms with Gasteiger partial charge in [0.15, 0.2) is 28.4 Å². The van der Waals surface area contributed by atoms with E-state index in [4.69, 9.17) is 19.5 Å². The molecule has 2 aliphatic rings. The first-order valence-electron chi connectivity index (χ1n) is 7.51. The van der Waals surface area contributed by atoms with Crippen molar-refractivity contribution in [2.45, 2.75) is 36.6 Å². The fourth-order valence-corrected chi connectivity index (χ4v) is 4.62. The van der Waals surface area contributed by atoms with Gasteiger partial charge in [-0.3, -0.25) is 13.6 Å². The number of nitrogens with two attached hydrogens (primary N) is 1. The van der Waals surface area contributed by atoms with Crippen LogP contribution in [0.4, 0.5) is 5.82 Å². The van der Waals surface area contributed by atoms with E-state index in [2.05, 4.69) is 15.0 Å². The maximum atomic E-state index is 11.6. The fourth-order valence-electron chi connectivity index (χ4n) is 2.92. The van der Waals surface area contributed by atoms with Crippen LogP contribution in [-0.2, 0) is 18.3 Å². The van der Waals surface area contributed by atoms with E-state index in [0.717, 1.165) is 5.75 Å². The van der Waals surface area contributed by atoms with E-state index in [-0.39, 0.29) is 12.4 Å². The van der Waals surface area contributed by atoms with Crippen molar-refractivity contribution < 1.29 is 28.3 Å². The normalized spacial score (nSPS) is 35.2. The molecule has 4 rings (SSSR count). The molecule has 11 nitrogen and oxygen atoms in total. The highest BCUT2D eigenvalue weighted by Gasteiger charge is 2.53. The largest absolute Gasteiger partial charge is 0.472 e. The van der Waals surface area contributed by atoms with E-state index in [0.29, 0.717) is 16.3 Å². The Labute approximate surface area is 146 Å². The fraction of sp³-hybridized carbons (Fsp3) is 0.583. The third-order valence-electron chi connectivity index (χ3n) is 3.97. The second-order valence-corrected chi connectivity index (χ2v) is 8.16. The zero-order valence-corrected chi connectivity index (χ0v) is 14.8. The van der Waals surface area contributed by atoms with Gasteiger partial charge >= 0.3 is 7.82 Å². The molecule has 136 valence electrons. The first-order valence-corrected chi connectivity index (χ1v) is 10.00. The molecule has 0 spiro atoms. The Morgan fingerprint density at radius 2 is 2.32 bits per heavy atom. The minimum absolute atomic E-state index is 0.161. The minimum atomic E-state index is -4.19. The third kappa shape index (κ3) is 2.83. The highest BCUT2D eigenvalue weighted by atomic mass is 32.2. The first kappa shape index (κ1) is 17.2. The van der Waals surface area contributed by atoms with Crippen molar-refractivity contribution in [1.82, 2.24) is 19.5 Å². The van der Waals surface area contributed by atoms with Crippen LogP contribution in [-0.4, -0.2) is 60.2 Å². The Morgan fingerprint density at radius 3 is 3.08 bits per heavy atom. The maximum absolute atomic E-state index is 11.6. The van der Waals surface area contributed by atoms with Gasteiger partial charge < -0.3 is 20.5 Å². The lowest BCUT2D eigenvalue weighted by molar-refractivity contribution is -0.0684. The van der Waals surface area contributed by atoms with Crippen LogP contribution >= 0.6 is 19.6 Å². The van der Waals surface area contributed by atoms with Crippen molar-refractivity contribution in [2.75, 3.05) is 18.1 Å². The number of phosphoric acid groups is 1. The van der Waals surface area contributed by atoms with Crippen molar-refractivity contribution in [2.24, 2.45) is 0 Å². The molecular weight excluding hydrogens is 373 g/mol. The molecule has 4 heterocycles. The van der Waals surface area contributed by atoms with Crippen molar-refractivity contribution in [3.63, 3.8) is 0 Å². The zero-order valence-electron chi connectivity index (χ0n) is 13.1. The molecule has 0 amide bonds. The van der Waals surface area contributed by atoms with Crippen molar-refractivity contribution in [1.29, 1.82) is 0 Å². The molecule has 2 fully saturated rings. The van der Waals surface area contributed by atoms with Gasteiger partial charge in [0.05, 0.1) is 6.61 Å². The molecule has 2 aliphatic heterocycles. The number of aliphatic hydroxyl groups excluding tert-OH is 1. The summed E-state index contributed by atoms with van der Waals surface area (Å²) in [7, 11) is -4.19. The van der Waals surface area contributed by atoms with Crippen LogP contribution in [0.3, 0.4) is 0 Å². The van der Waals surface area contributed by atoms with Crippen LogP contribution < -0.4 is 5.73 Å².